The SMILES string of the molecule is Cl.NCc1nc(CN2CCCCCC2c2ccccc2)no1. The topological polar surface area (TPSA) is 68.2 Å². The maximum Gasteiger partial charge on any atom is 0.240 e. The molecule has 1 fully saturated rings. The van der Waals surface area contributed by atoms with Gasteiger partial charge in [0.2, 0.25) is 5.89 Å². The van der Waals surface area contributed by atoms with Crippen LogP contribution in [-0.2, 0) is 13.1 Å². The van der Waals surface area contributed by atoms with Gasteiger partial charge in [0, 0.05) is 6.04 Å². The van der Waals surface area contributed by atoms with Crippen LogP contribution < -0.4 is 5.73 Å². The van der Waals surface area contributed by atoms with E-state index in [9.17, 15) is 0 Å². The molecule has 1 aromatic carbocycles. The third-order valence-electron chi connectivity index (χ3n) is 4.08. The summed E-state index contributed by atoms with van der Waals surface area (Å²) < 4.78 is 5.11. The molecule has 1 aromatic heterocycles. The Morgan fingerprint density at radius 2 is 2.00 bits per heavy atom. The van der Waals surface area contributed by atoms with Gasteiger partial charge in [0.1, 0.15) is 0 Å². The second kappa shape index (κ2) is 8.27. The van der Waals surface area contributed by atoms with E-state index >= 15 is 0 Å². The Bertz CT molecular complexity index is 560. The number of nitrogens with two attached hydrogens (primary N) is 1. The standard InChI is InChI=1S/C16H22N4O.ClH/c17-11-16-18-15(19-21-16)12-20-10-6-2-5-9-14(20)13-7-3-1-4-8-13;/h1,3-4,7-8,14H,2,5-6,9-12,17H2;1H. The molecule has 0 saturated carbocycles. The normalized spacial score (nSPS) is 19.4. The quantitative estimate of drug-likeness (QED) is 0.937. The van der Waals surface area contributed by atoms with Gasteiger partial charge in [-0.3, -0.25) is 4.90 Å². The van der Waals surface area contributed by atoms with Crippen LogP contribution in [-0.4, -0.2) is 21.6 Å². The predicted molar refractivity (Wildman–Crippen MR) is 87.5 cm³/mol. The Hall–Kier alpha value is -1.43. The largest absolute Gasteiger partial charge is 0.338 e. The van der Waals surface area contributed by atoms with E-state index in [0.717, 1.165) is 18.9 Å². The average Bonchev–Trinajstić information content (AvgIpc) is 2.86. The lowest BCUT2D eigenvalue weighted by Crippen LogP contribution is -2.28. The van der Waals surface area contributed by atoms with Crippen molar-refractivity contribution in [3.05, 3.63) is 47.6 Å². The fraction of sp³-hybridized carbons (Fsp3) is 0.500. The summed E-state index contributed by atoms with van der Waals surface area (Å²) in [6, 6.07) is 11.2. The van der Waals surface area contributed by atoms with Crippen molar-refractivity contribution in [1.29, 1.82) is 0 Å². The maximum absolute atomic E-state index is 5.53. The van der Waals surface area contributed by atoms with Crippen LogP contribution in [0.25, 0.3) is 0 Å². The minimum atomic E-state index is 0. The van der Waals surface area contributed by atoms with Crippen LogP contribution in [0.2, 0.25) is 0 Å². The zero-order valence-corrected chi connectivity index (χ0v) is 13.5. The van der Waals surface area contributed by atoms with E-state index in [2.05, 4.69) is 45.4 Å². The number of aromatic nitrogens is 2. The van der Waals surface area contributed by atoms with E-state index in [0.29, 0.717) is 18.5 Å². The van der Waals surface area contributed by atoms with Crippen molar-refractivity contribution < 1.29 is 4.52 Å². The molecule has 0 aliphatic carbocycles. The van der Waals surface area contributed by atoms with E-state index in [1.807, 2.05) is 0 Å². The van der Waals surface area contributed by atoms with E-state index in [1.54, 1.807) is 0 Å². The number of rotatable bonds is 4. The first kappa shape index (κ1) is 16.9. The molecule has 2 aromatic rings. The van der Waals surface area contributed by atoms with Crippen LogP contribution in [0.3, 0.4) is 0 Å². The van der Waals surface area contributed by atoms with Gasteiger partial charge >= 0.3 is 0 Å². The minimum absolute atomic E-state index is 0. The van der Waals surface area contributed by atoms with Gasteiger partial charge in [-0.15, -0.1) is 12.4 Å². The zero-order valence-electron chi connectivity index (χ0n) is 12.6. The minimum Gasteiger partial charge on any atom is -0.338 e. The van der Waals surface area contributed by atoms with Gasteiger partial charge in [0.25, 0.3) is 0 Å². The molecule has 6 heteroatoms. The Balaban J connectivity index is 0.00000176. The molecule has 5 nitrogen and oxygen atoms in total. The number of halogens is 1. The van der Waals surface area contributed by atoms with Crippen molar-refractivity contribution >= 4 is 12.4 Å². The highest BCUT2D eigenvalue weighted by atomic mass is 35.5. The summed E-state index contributed by atoms with van der Waals surface area (Å²) in [6.45, 7) is 2.10. The summed E-state index contributed by atoms with van der Waals surface area (Å²) in [5.74, 6) is 1.24. The fourth-order valence-corrected chi connectivity index (χ4v) is 3.03. The number of hydrogen-bond donors (Lipinski definition) is 1. The second-order valence-corrected chi connectivity index (χ2v) is 5.55. The van der Waals surface area contributed by atoms with Crippen LogP contribution in [0.5, 0.6) is 0 Å². The summed E-state index contributed by atoms with van der Waals surface area (Å²) in [5.41, 5.74) is 6.91. The fourth-order valence-electron chi connectivity index (χ4n) is 3.03. The lowest BCUT2D eigenvalue weighted by atomic mass is 10.0. The summed E-state index contributed by atoms with van der Waals surface area (Å²) in [6.07, 6.45) is 4.98. The van der Waals surface area contributed by atoms with Crippen LogP contribution in [0, 0.1) is 0 Å². The number of hydrogen-bond acceptors (Lipinski definition) is 5. The lowest BCUT2D eigenvalue weighted by Gasteiger charge is -2.29. The molecule has 1 aliphatic heterocycles. The predicted octanol–water partition coefficient (Wildman–Crippen LogP) is 3.07. The van der Waals surface area contributed by atoms with Crippen molar-refractivity contribution in [1.82, 2.24) is 15.0 Å². The number of likely N-dealkylation sites (tertiary alicyclic amines) is 1. The molecule has 1 aliphatic rings. The smallest absolute Gasteiger partial charge is 0.240 e. The third kappa shape index (κ3) is 4.06. The molecule has 120 valence electrons. The average molecular weight is 323 g/mol. The second-order valence-electron chi connectivity index (χ2n) is 5.55. The summed E-state index contributed by atoms with van der Waals surface area (Å²) in [5, 5.41) is 4.03. The first-order chi connectivity index (χ1) is 10.4. The number of nitrogens with zero attached hydrogens (tertiary/aromatic N) is 3. The molecule has 0 spiro atoms. The van der Waals surface area contributed by atoms with Gasteiger partial charge in [-0.1, -0.05) is 48.3 Å². The monoisotopic (exact) mass is 322 g/mol. The molecule has 1 saturated heterocycles. The van der Waals surface area contributed by atoms with Crippen LogP contribution in [0.1, 0.15) is 49.0 Å². The zero-order chi connectivity index (χ0) is 14.5. The van der Waals surface area contributed by atoms with Crippen LogP contribution >= 0.6 is 12.4 Å². The molecular weight excluding hydrogens is 300 g/mol. The van der Waals surface area contributed by atoms with E-state index < -0.39 is 0 Å². The Labute approximate surface area is 137 Å². The van der Waals surface area contributed by atoms with E-state index in [-0.39, 0.29) is 12.4 Å². The Morgan fingerprint density at radius 3 is 2.73 bits per heavy atom. The third-order valence-corrected chi connectivity index (χ3v) is 4.08. The summed E-state index contributed by atoms with van der Waals surface area (Å²) in [4.78, 5) is 6.80. The summed E-state index contributed by atoms with van der Waals surface area (Å²) >= 11 is 0. The van der Waals surface area contributed by atoms with Crippen LogP contribution in [0.15, 0.2) is 34.9 Å². The first-order valence-electron chi connectivity index (χ1n) is 7.67. The van der Waals surface area contributed by atoms with Crippen molar-refractivity contribution in [2.24, 2.45) is 5.73 Å². The van der Waals surface area contributed by atoms with Gasteiger partial charge in [-0.25, -0.2) is 0 Å². The lowest BCUT2D eigenvalue weighted by molar-refractivity contribution is 0.185. The molecule has 0 amide bonds. The van der Waals surface area contributed by atoms with Crippen molar-refractivity contribution in [2.75, 3.05) is 6.54 Å². The van der Waals surface area contributed by atoms with E-state index in [4.69, 9.17) is 10.3 Å². The number of benzene rings is 1. The Kier molecular flexibility index (Phi) is 6.36. The highest BCUT2D eigenvalue weighted by Gasteiger charge is 2.24. The molecular formula is C16H23ClN4O. The molecule has 22 heavy (non-hydrogen) atoms. The molecule has 0 radical (unpaired) electrons. The van der Waals surface area contributed by atoms with Gasteiger partial charge in [-0.05, 0) is 24.9 Å². The maximum atomic E-state index is 5.53. The van der Waals surface area contributed by atoms with Crippen molar-refractivity contribution in [2.45, 2.75) is 44.8 Å². The first-order valence-corrected chi connectivity index (χ1v) is 7.67. The molecule has 2 N–H and O–H groups in total. The van der Waals surface area contributed by atoms with Gasteiger partial charge in [-0.2, -0.15) is 4.98 Å². The molecule has 3 rings (SSSR count). The van der Waals surface area contributed by atoms with Crippen molar-refractivity contribution in [3.63, 3.8) is 0 Å². The molecule has 0 bridgehead atoms. The van der Waals surface area contributed by atoms with Gasteiger partial charge in [0.05, 0.1) is 13.1 Å². The van der Waals surface area contributed by atoms with Crippen LogP contribution in [0.4, 0.5) is 0 Å². The Morgan fingerprint density at radius 1 is 1.18 bits per heavy atom. The van der Waals surface area contributed by atoms with Crippen molar-refractivity contribution in [3.8, 4) is 0 Å². The molecule has 1 atom stereocenters. The van der Waals surface area contributed by atoms with Gasteiger partial charge < -0.3 is 10.3 Å². The molecule has 1 unspecified atom stereocenters. The summed E-state index contributed by atoms with van der Waals surface area (Å²) in [7, 11) is 0. The highest BCUT2D eigenvalue weighted by molar-refractivity contribution is 5.85. The highest BCUT2D eigenvalue weighted by Crippen LogP contribution is 2.30. The van der Waals surface area contributed by atoms with E-state index in [1.165, 1.54) is 31.2 Å². The van der Waals surface area contributed by atoms with Gasteiger partial charge in [0.15, 0.2) is 5.82 Å². The molecule has 2 heterocycles.